The third-order valence-corrected chi connectivity index (χ3v) is 7.70. The van der Waals surface area contributed by atoms with Crippen LogP contribution in [0.5, 0.6) is 0 Å². The molecular weight excluding hydrogens is 521 g/mol. The van der Waals surface area contributed by atoms with Crippen LogP contribution in [0, 0.1) is 17.8 Å². The van der Waals surface area contributed by atoms with Gasteiger partial charge in [0, 0.05) is 43.7 Å². The lowest BCUT2D eigenvalue weighted by atomic mass is 9.85. The predicted octanol–water partition coefficient (Wildman–Crippen LogP) is -0.382. The van der Waals surface area contributed by atoms with Crippen LogP contribution in [0.15, 0.2) is 0 Å². The van der Waals surface area contributed by atoms with Gasteiger partial charge in [0.15, 0.2) is 0 Å². The van der Waals surface area contributed by atoms with Crippen molar-refractivity contribution in [3.8, 4) is 0 Å². The molecule has 3 aliphatic heterocycles. The van der Waals surface area contributed by atoms with Crippen LogP contribution < -0.4 is 16.0 Å². The molecule has 0 unspecified atom stereocenters. The highest BCUT2D eigenvalue weighted by Crippen LogP contribution is 2.27. The van der Waals surface area contributed by atoms with Gasteiger partial charge in [0.25, 0.3) is 0 Å². The summed E-state index contributed by atoms with van der Waals surface area (Å²) in [6.07, 6.45) is -9.89. The zero-order valence-corrected chi connectivity index (χ0v) is 22.1. The Bertz CT molecular complexity index is 604. The Morgan fingerprint density at radius 2 is 0.895 bits per heavy atom. The SMILES string of the molecule is CC[C@@H]1NC[C@@H](O)[C@H](O)[C@H]1C(F)F.CC[C@H]1NC[C@@H](O)[C@H](O)[C@H]1C(F)F.CC[C@H]1NC[C@@H](O)[C@H](O)[C@H]1CF. The second-order valence-corrected chi connectivity index (χ2v) is 10.1. The highest BCUT2D eigenvalue weighted by atomic mass is 19.3. The van der Waals surface area contributed by atoms with E-state index < -0.39 is 86.0 Å². The standard InChI is InChI=1S/2C8H15F2NO2.C8H16FNO2/c2*1-2-4-6(8(9)10)7(13)5(12)3-11-4;1-2-6-5(3-9)8(12)7(11)4-10-6/h2*4-8,11-13H,2-3H2,1H3;5-8,10-12H,2-4H2,1H3/t4-,5+,6-,7-;4-,5-,6+,7+;5-,6+,7+,8+/m010/s1. The van der Waals surface area contributed by atoms with Crippen LogP contribution in [0.4, 0.5) is 22.0 Å². The highest BCUT2D eigenvalue weighted by molar-refractivity contribution is 4.94. The molecule has 3 aliphatic rings. The van der Waals surface area contributed by atoms with Crippen molar-refractivity contribution in [2.75, 3.05) is 26.3 Å². The van der Waals surface area contributed by atoms with Crippen molar-refractivity contribution >= 4 is 0 Å². The zero-order valence-electron chi connectivity index (χ0n) is 22.1. The van der Waals surface area contributed by atoms with E-state index in [1.165, 1.54) is 0 Å². The maximum absolute atomic E-state index is 12.5. The molecule has 3 saturated heterocycles. The monoisotopic (exact) mass is 567 g/mol. The number of halogens is 5. The van der Waals surface area contributed by atoms with Crippen molar-refractivity contribution in [2.24, 2.45) is 17.8 Å². The van der Waals surface area contributed by atoms with Crippen molar-refractivity contribution in [3.05, 3.63) is 0 Å². The predicted molar refractivity (Wildman–Crippen MR) is 131 cm³/mol. The quantitative estimate of drug-likeness (QED) is 0.195. The third-order valence-electron chi connectivity index (χ3n) is 7.70. The zero-order chi connectivity index (χ0) is 29.2. The Morgan fingerprint density at radius 1 is 0.579 bits per heavy atom. The molecule has 0 bridgehead atoms. The van der Waals surface area contributed by atoms with E-state index in [0.717, 1.165) is 6.42 Å². The van der Waals surface area contributed by atoms with Crippen molar-refractivity contribution in [3.63, 3.8) is 0 Å². The number of aliphatic hydroxyl groups excluding tert-OH is 6. The molecule has 0 amide bonds. The lowest BCUT2D eigenvalue weighted by Crippen LogP contribution is -2.58. The number of alkyl halides is 5. The lowest BCUT2D eigenvalue weighted by Gasteiger charge is -2.38. The van der Waals surface area contributed by atoms with Gasteiger partial charge in [0.1, 0.15) is 0 Å². The minimum Gasteiger partial charge on any atom is -0.390 e. The Kier molecular flexibility index (Phi) is 16.0. The van der Waals surface area contributed by atoms with Gasteiger partial charge in [-0.15, -0.1) is 0 Å². The molecule has 3 rings (SSSR count). The van der Waals surface area contributed by atoms with Gasteiger partial charge in [-0.1, -0.05) is 20.8 Å². The summed E-state index contributed by atoms with van der Waals surface area (Å²) in [5.41, 5.74) is 0. The molecule has 9 N–H and O–H groups in total. The number of nitrogens with one attached hydrogen (secondary N) is 3. The number of aliphatic hydroxyl groups is 6. The van der Waals surface area contributed by atoms with Gasteiger partial charge < -0.3 is 46.6 Å². The first-order valence-corrected chi connectivity index (χ1v) is 13.3. The van der Waals surface area contributed by atoms with Crippen LogP contribution in [0.1, 0.15) is 40.0 Å². The molecule has 3 fully saturated rings. The largest absolute Gasteiger partial charge is 0.390 e. The van der Waals surface area contributed by atoms with Crippen molar-refractivity contribution in [2.45, 2.75) is 108 Å². The summed E-state index contributed by atoms with van der Waals surface area (Å²) in [5, 5.41) is 64.2. The van der Waals surface area contributed by atoms with E-state index >= 15 is 0 Å². The number of hydrogen-bond donors (Lipinski definition) is 9. The van der Waals surface area contributed by atoms with E-state index in [0.29, 0.717) is 19.4 Å². The van der Waals surface area contributed by atoms with Crippen LogP contribution in [-0.4, -0.2) is 125 Å². The molecule has 0 aliphatic carbocycles. The van der Waals surface area contributed by atoms with Crippen molar-refractivity contribution in [1.29, 1.82) is 0 Å². The summed E-state index contributed by atoms with van der Waals surface area (Å²) >= 11 is 0. The van der Waals surface area contributed by atoms with Gasteiger partial charge in [-0.3, -0.25) is 4.39 Å². The third kappa shape index (κ3) is 9.44. The van der Waals surface area contributed by atoms with E-state index in [1.54, 1.807) is 13.8 Å². The van der Waals surface area contributed by atoms with E-state index in [1.807, 2.05) is 6.92 Å². The Balaban J connectivity index is 0.000000285. The summed E-state index contributed by atoms with van der Waals surface area (Å²) in [4.78, 5) is 0. The summed E-state index contributed by atoms with van der Waals surface area (Å²) in [5.74, 6) is -2.78. The van der Waals surface area contributed by atoms with Crippen LogP contribution in [-0.2, 0) is 0 Å². The van der Waals surface area contributed by atoms with Crippen LogP contribution in [0.25, 0.3) is 0 Å². The highest BCUT2D eigenvalue weighted by Gasteiger charge is 2.43. The van der Waals surface area contributed by atoms with Crippen LogP contribution in [0.2, 0.25) is 0 Å². The number of rotatable bonds is 6. The molecule has 0 aromatic carbocycles. The van der Waals surface area contributed by atoms with Gasteiger partial charge in [0.05, 0.1) is 55.1 Å². The molecule has 14 heteroatoms. The Hall–Kier alpha value is -0.710. The van der Waals surface area contributed by atoms with Gasteiger partial charge in [-0.25, -0.2) is 17.6 Å². The number of β-amino-alcohol motifs (C(OH)–C–C–N with tert-alkyl or cyclic N) is 3. The van der Waals surface area contributed by atoms with E-state index in [2.05, 4.69) is 16.0 Å². The second kappa shape index (κ2) is 17.2. The maximum atomic E-state index is 12.5. The molecule has 0 aromatic heterocycles. The first kappa shape index (κ1) is 35.3. The van der Waals surface area contributed by atoms with Crippen molar-refractivity contribution in [1.82, 2.24) is 16.0 Å². The van der Waals surface area contributed by atoms with Crippen LogP contribution >= 0.6 is 0 Å². The molecule has 228 valence electrons. The van der Waals surface area contributed by atoms with Crippen LogP contribution in [0.3, 0.4) is 0 Å². The van der Waals surface area contributed by atoms with E-state index in [-0.39, 0.29) is 19.1 Å². The molecule has 0 aromatic rings. The minimum absolute atomic E-state index is 0.00611. The lowest BCUT2D eigenvalue weighted by molar-refractivity contribution is -0.103. The summed E-state index contributed by atoms with van der Waals surface area (Å²) < 4.78 is 62.3. The molecule has 38 heavy (non-hydrogen) atoms. The average Bonchev–Trinajstić information content (AvgIpc) is 2.88. The molecule has 12 atom stereocenters. The second-order valence-electron chi connectivity index (χ2n) is 10.1. The molecule has 0 saturated carbocycles. The van der Waals surface area contributed by atoms with Gasteiger partial charge in [-0.2, -0.15) is 0 Å². The van der Waals surface area contributed by atoms with E-state index in [4.69, 9.17) is 10.2 Å². The minimum atomic E-state index is -2.60. The topological polar surface area (TPSA) is 157 Å². The van der Waals surface area contributed by atoms with Gasteiger partial charge >= 0.3 is 0 Å². The van der Waals surface area contributed by atoms with Gasteiger partial charge in [0.2, 0.25) is 12.9 Å². The maximum Gasteiger partial charge on any atom is 0.245 e. The van der Waals surface area contributed by atoms with E-state index in [9.17, 15) is 42.4 Å². The fraction of sp³-hybridized carbons (Fsp3) is 1.00. The Labute approximate surface area is 220 Å². The number of piperidine rings is 3. The molecular formula is C24H46F5N3O6. The summed E-state index contributed by atoms with van der Waals surface area (Å²) in [6.45, 7) is 5.63. The Morgan fingerprint density at radius 3 is 1.18 bits per heavy atom. The fourth-order valence-electron chi connectivity index (χ4n) is 5.24. The molecule has 3 heterocycles. The number of hydrogen-bond acceptors (Lipinski definition) is 9. The average molecular weight is 568 g/mol. The molecule has 0 radical (unpaired) electrons. The smallest absolute Gasteiger partial charge is 0.245 e. The fourth-order valence-corrected chi connectivity index (χ4v) is 5.24. The first-order chi connectivity index (χ1) is 17.9. The first-order valence-electron chi connectivity index (χ1n) is 13.3. The summed E-state index contributed by atoms with van der Waals surface area (Å²) in [7, 11) is 0. The normalized spacial score (nSPS) is 41.7. The molecule has 9 nitrogen and oxygen atoms in total. The van der Waals surface area contributed by atoms with Crippen molar-refractivity contribution < 1.29 is 52.6 Å². The molecule has 0 spiro atoms. The summed E-state index contributed by atoms with van der Waals surface area (Å²) in [6, 6.07) is -0.815. The van der Waals surface area contributed by atoms with Gasteiger partial charge in [-0.05, 0) is 19.3 Å².